The van der Waals surface area contributed by atoms with Gasteiger partial charge in [0.25, 0.3) is 0 Å². The highest BCUT2D eigenvalue weighted by atomic mass is 16.2. The fraction of sp³-hybridized carbons (Fsp3) is 0.174. The van der Waals surface area contributed by atoms with Gasteiger partial charge in [0.15, 0.2) is 0 Å². The highest BCUT2D eigenvalue weighted by Gasteiger charge is 2.61. The fourth-order valence-electron chi connectivity index (χ4n) is 5.42. The molecule has 4 aliphatic rings. The van der Waals surface area contributed by atoms with Gasteiger partial charge in [-0.2, -0.15) is 0 Å². The quantitative estimate of drug-likeness (QED) is 0.630. The third kappa shape index (κ3) is 1.75. The summed E-state index contributed by atoms with van der Waals surface area (Å²) in [6, 6.07) is 20.0. The number of aromatic nitrogens is 1. The Morgan fingerprint density at radius 1 is 0.630 bits per heavy atom. The third-order valence-electron chi connectivity index (χ3n) is 6.37. The van der Waals surface area contributed by atoms with Gasteiger partial charge in [-0.05, 0) is 34.4 Å². The van der Waals surface area contributed by atoms with Crippen LogP contribution in [0, 0.1) is 11.8 Å². The van der Waals surface area contributed by atoms with Gasteiger partial charge in [-0.15, -0.1) is 0 Å². The second-order valence-electron chi connectivity index (χ2n) is 7.48. The standard InChI is InChI=1S/C23H16N2O2/c26-22-20-18-14-5-1-2-6-15(14)19(17-8-4-3-7-16(17)18)21(20)23(27)25(22)13-9-11-24-12-10-13/h1-12,18-21H/t18?,19?,20-,21-/m1/s1. The largest absolute Gasteiger partial charge is 0.274 e. The van der Waals surface area contributed by atoms with Crippen LogP contribution in [0.2, 0.25) is 0 Å². The molecule has 2 bridgehead atoms. The van der Waals surface area contributed by atoms with E-state index in [1.165, 1.54) is 27.2 Å². The first-order chi connectivity index (χ1) is 13.3. The smallest absolute Gasteiger partial charge is 0.238 e. The molecule has 1 aromatic heterocycles. The number of pyridine rings is 1. The van der Waals surface area contributed by atoms with Crippen molar-refractivity contribution in [2.24, 2.45) is 11.8 Å². The van der Waals surface area contributed by atoms with Crippen LogP contribution in [0.3, 0.4) is 0 Å². The third-order valence-corrected chi connectivity index (χ3v) is 6.37. The van der Waals surface area contributed by atoms with Crippen LogP contribution in [0.4, 0.5) is 5.69 Å². The lowest BCUT2D eigenvalue weighted by Gasteiger charge is -2.45. The molecule has 3 aliphatic carbocycles. The molecule has 2 atom stereocenters. The van der Waals surface area contributed by atoms with Gasteiger partial charge in [-0.1, -0.05) is 48.5 Å². The van der Waals surface area contributed by atoms with Crippen molar-refractivity contribution in [3.05, 3.63) is 95.3 Å². The zero-order chi connectivity index (χ0) is 18.1. The summed E-state index contributed by atoms with van der Waals surface area (Å²) in [5.74, 6) is -0.960. The Hall–Kier alpha value is -3.27. The summed E-state index contributed by atoms with van der Waals surface area (Å²) >= 11 is 0. The average Bonchev–Trinajstić information content (AvgIpc) is 3.00. The summed E-state index contributed by atoms with van der Waals surface area (Å²) in [6.45, 7) is 0. The van der Waals surface area contributed by atoms with Crippen LogP contribution < -0.4 is 4.90 Å². The molecule has 1 fully saturated rings. The van der Waals surface area contributed by atoms with Crippen molar-refractivity contribution in [1.82, 2.24) is 4.98 Å². The van der Waals surface area contributed by atoms with E-state index in [-0.39, 0.29) is 35.5 Å². The lowest BCUT2D eigenvalue weighted by molar-refractivity contribution is -0.122. The Labute approximate surface area is 156 Å². The topological polar surface area (TPSA) is 50.3 Å². The Balaban J connectivity index is 1.60. The summed E-state index contributed by atoms with van der Waals surface area (Å²) in [5.41, 5.74) is 5.39. The zero-order valence-electron chi connectivity index (χ0n) is 14.4. The molecule has 1 saturated heterocycles. The van der Waals surface area contributed by atoms with Gasteiger partial charge >= 0.3 is 0 Å². The molecule has 2 heterocycles. The van der Waals surface area contributed by atoms with Crippen LogP contribution in [0.1, 0.15) is 34.1 Å². The number of hydrogen-bond donors (Lipinski definition) is 0. The first-order valence-electron chi connectivity index (χ1n) is 9.23. The van der Waals surface area contributed by atoms with Crippen LogP contribution in [0.25, 0.3) is 0 Å². The molecule has 130 valence electrons. The van der Waals surface area contributed by atoms with Gasteiger partial charge < -0.3 is 0 Å². The number of rotatable bonds is 1. The second-order valence-corrected chi connectivity index (χ2v) is 7.48. The van der Waals surface area contributed by atoms with Crippen LogP contribution >= 0.6 is 0 Å². The Morgan fingerprint density at radius 3 is 1.44 bits per heavy atom. The molecule has 0 N–H and O–H groups in total. The molecule has 0 radical (unpaired) electrons. The molecule has 7 rings (SSSR count). The maximum atomic E-state index is 13.4. The van der Waals surface area contributed by atoms with E-state index in [0.29, 0.717) is 5.69 Å². The predicted molar refractivity (Wildman–Crippen MR) is 100 cm³/mol. The zero-order valence-corrected chi connectivity index (χ0v) is 14.4. The minimum atomic E-state index is -0.333. The average molecular weight is 352 g/mol. The molecule has 4 heteroatoms. The van der Waals surface area contributed by atoms with Crippen molar-refractivity contribution in [1.29, 1.82) is 0 Å². The number of imide groups is 1. The molecule has 0 saturated carbocycles. The number of anilines is 1. The van der Waals surface area contributed by atoms with Crippen LogP contribution in [-0.2, 0) is 9.59 Å². The molecule has 27 heavy (non-hydrogen) atoms. The molecule has 2 aromatic carbocycles. The summed E-state index contributed by atoms with van der Waals surface area (Å²) in [6.07, 6.45) is 3.24. The molecule has 1 aliphatic heterocycles. The Morgan fingerprint density at radius 2 is 1.04 bits per heavy atom. The number of carbonyl (C=O) groups is 2. The lowest BCUT2D eigenvalue weighted by atomic mass is 9.55. The van der Waals surface area contributed by atoms with Crippen LogP contribution in [0.5, 0.6) is 0 Å². The van der Waals surface area contributed by atoms with Crippen molar-refractivity contribution in [2.75, 3.05) is 4.90 Å². The van der Waals surface area contributed by atoms with Crippen molar-refractivity contribution in [2.45, 2.75) is 11.8 Å². The minimum Gasteiger partial charge on any atom is -0.274 e. The predicted octanol–water partition coefficient (Wildman–Crippen LogP) is 3.48. The van der Waals surface area contributed by atoms with Gasteiger partial charge in [0, 0.05) is 24.2 Å². The highest BCUT2D eigenvalue weighted by molar-refractivity contribution is 6.23. The van der Waals surface area contributed by atoms with Gasteiger partial charge in [-0.25, -0.2) is 4.90 Å². The SMILES string of the molecule is O=C1[C@@H]2C3c4ccccc4C(c4ccccc43)[C@H]2C(=O)N1c1ccncc1. The molecule has 0 spiro atoms. The molecular formula is C23H16N2O2. The number of amides is 2. The van der Waals surface area contributed by atoms with E-state index in [1.54, 1.807) is 24.5 Å². The highest BCUT2D eigenvalue weighted by Crippen LogP contribution is 2.61. The number of benzene rings is 2. The summed E-state index contributed by atoms with van der Waals surface area (Å²) < 4.78 is 0. The Kier molecular flexibility index (Phi) is 2.82. The summed E-state index contributed by atoms with van der Waals surface area (Å²) in [4.78, 5) is 32.3. The van der Waals surface area contributed by atoms with E-state index >= 15 is 0 Å². The maximum absolute atomic E-state index is 13.4. The van der Waals surface area contributed by atoms with Crippen molar-refractivity contribution in [3.8, 4) is 0 Å². The van der Waals surface area contributed by atoms with Crippen molar-refractivity contribution in [3.63, 3.8) is 0 Å². The first kappa shape index (κ1) is 14.9. The number of carbonyl (C=O) groups excluding carboxylic acids is 2. The van der Waals surface area contributed by atoms with Gasteiger partial charge in [0.2, 0.25) is 11.8 Å². The van der Waals surface area contributed by atoms with E-state index < -0.39 is 0 Å². The maximum Gasteiger partial charge on any atom is 0.238 e. The number of nitrogens with zero attached hydrogens (tertiary/aromatic N) is 2. The Bertz CT molecular complexity index is 993. The lowest BCUT2D eigenvalue weighted by Crippen LogP contribution is -2.41. The minimum absolute atomic E-state index is 0.0595. The van der Waals surface area contributed by atoms with E-state index in [1.807, 2.05) is 24.3 Å². The van der Waals surface area contributed by atoms with Crippen molar-refractivity contribution < 1.29 is 9.59 Å². The van der Waals surface area contributed by atoms with Crippen molar-refractivity contribution >= 4 is 17.5 Å². The molecule has 4 nitrogen and oxygen atoms in total. The van der Waals surface area contributed by atoms with Gasteiger partial charge in [0.05, 0.1) is 17.5 Å². The fourth-order valence-corrected chi connectivity index (χ4v) is 5.42. The normalized spacial score (nSPS) is 27.3. The van der Waals surface area contributed by atoms with E-state index in [0.717, 1.165) is 0 Å². The molecular weight excluding hydrogens is 336 g/mol. The van der Waals surface area contributed by atoms with Gasteiger partial charge in [-0.3, -0.25) is 14.6 Å². The van der Waals surface area contributed by atoms with E-state index in [2.05, 4.69) is 29.2 Å². The molecule has 2 amide bonds. The van der Waals surface area contributed by atoms with Gasteiger partial charge in [0.1, 0.15) is 0 Å². The second kappa shape index (κ2) is 5.13. The van der Waals surface area contributed by atoms with E-state index in [9.17, 15) is 9.59 Å². The first-order valence-corrected chi connectivity index (χ1v) is 9.23. The molecule has 3 aromatic rings. The number of hydrogen-bond acceptors (Lipinski definition) is 3. The van der Waals surface area contributed by atoms with Crippen LogP contribution in [-0.4, -0.2) is 16.8 Å². The summed E-state index contributed by atoms with van der Waals surface area (Å²) in [7, 11) is 0. The van der Waals surface area contributed by atoms with E-state index in [4.69, 9.17) is 0 Å². The van der Waals surface area contributed by atoms with Crippen LogP contribution in [0.15, 0.2) is 73.1 Å². The monoisotopic (exact) mass is 352 g/mol. The summed E-state index contributed by atoms with van der Waals surface area (Å²) in [5, 5.41) is 0. The molecule has 0 unspecified atom stereocenters.